The van der Waals surface area contributed by atoms with Gasteiger partial charge < -0.3 is 10.0 Å². The van der Waals surface area contributed by atoms with Crippen LogP contribution in [0.4, 0.5) is 14.6 Å². The lowest BCUT2D eigenvalue weighted by molar-refractivity contribution is 0.156. The van der Waals surface area contributed by atoms with Crippen molar-refractivity contribution in [3.63, 3.8) is 0 Å². The second kappa shape index (κ2) is 5.91. The van der Waals surface area contributed by atoms with Gasteiger partial charge >= 0.3 is 0 Å². The van der Waals surface area contributed by atoms with Gasteiger partial charge in [-0.15, -0.1) is 0 Å². The van der Waals surface area contributed by atoms with Gasteiger partial charge in [0.25, 0.3) is 6.43 Å². The second-order valence-corrected chi connectivity index (χ2v) is 4.34. The van der Waals surface area contributed by atoms with Crippen molar-refractivity contribution in [2.24, 2.45) is 0 Å². The number of aromatic nitrogens is 1. The molecule has 1 aromatic rings. The van der Waals surface area contributed by atoms with Crippen LogP contribution in [0.15, 0.2) is 12.1 Å². The number of rotatable bonds is 5. The van der Waals surface area contributed by atoms with E-state index in [4.69, 9.17) is 5.11 Å². The van der Waals surface area contributed by atoms with Crippen LogP contribution in [0.2, 0.25) is 0 Å². The van der Waals surface area contributed by atoms with E-state index >= 15 is 0 Å². The molecule has 0 unspecified atom stereocenters. The van der Waals surface area contributed by atoms with Gasteiger partial charge in [-0.05, 0) is 23.6 Å². The van der Waals surface area contributed by atoms with E-state index in [1.165, 1.54) is 4.90 Å². The summed E-state index contributed by atoms with van der Waals surface area (Å²) in [7, 11) is 1.57. The summed E-state index contributed by atoms with van der Waals surface area (Å²) in [5.41, 5.74) is 1.49. The molecular formula is C12H18F2N2O. The highest BCUT2D eigenvalue weighted by Gasteiger charge is 2.12. The van der Waals surface area contributed by atoms with Crippen LogP contribution in [0.5, 0.6) is 0 Å². The van der Waals surface area contributed by atoms with Crippen molar-refractivity contribution >= 4 is 5.82 Å². The van der Waals surface area contributed by atoms with Gasteiger partial charge in [-0.2, -0.15) is 0 Å². The Morgan fingerprint density at radius 2 is 2.00 bits per heavy atom. The summed E-state index contributed by atoms with van der Waals surface area (Å²) in [6.07, 6.45) is -2.40. The Kier molecular flexibility index (Phi) is 4.81. The van der Waals surface area contributed by atoms with Crippen LogP contribution in [0.25, 0.3) is 0 Å². The second-order valence-electron chi connectivity index (χ2n) is 4.34. The van der Waals surface area contributed by atoms with Crippen LogP contribution in [-0.4, -0.2) is 30.1 Å². The fourth-order valence-corrected chi connectivity index (χ4v) is 1.48. The zero-order valence-electron chi connectivity index (χ0n) is 10.3. The molecular weight excluding hydrogens is 226 g/mol. The van der Waals surface area contributed by atoms with Gasteiger partial charge in [-0.3, -0.25) is 0 Å². The summed E-state index contributed by atoms with van der Waals surface area (Å²) in [6.45, 7) is 3.47. The van der Waals surface area contributed by atoms with E-state index in [1.807, 2.05) is 13.8 Å². The summed E-state index contributed by atoms with van der Waals surface area (Å²) in [5, 5.41) is 9.14. The van der Waals surface area contributed by atoms with Gasteiger partial charge in [0, 0.05) is 12.7 Å². The third-order valence-electron chi connectivity index (χ3n) is 2.47. The van der Waals surface area contributed by atoms with Crippen molar-refractivity contribution in [1.82, 2.24) is 4.98 Å². The SMILES string of the molecule is CC(C)c1cc(CO)cc(N(C)CC(F)F)n1. The molecule has 0 saturated heterocycles. The van der Waals surface area contributed by atoms with Crippen LogP contribution in [0.1, 0.15) is 31.0 Å². The summed E-state index contributed by atoms with van der Waals surface area (Å²) in [6, 6.07) is 3.43. The molecule has 1 heterocycles. The van der Waals surface area contributed by atoms with Gasteiger partial charge in [0.15, 0.2) is 0 Å². The minimum absolute atomic E-state index is 0.113. The van der Waals surface area contributed by atoms with Crippen molar-refractivity contribution in [2.45, 2.75) is 32.8 Å². The largest absolute Gasteiger partial charge is 0.392 e. The van der Waals surface area contributed by atoms with Crippen molar-refractivity contribution in [1.29, 1.82) is 0 Å². The molecule has 0 radical (unpaired) electrons. The number of nitrogens with zero attached hydrogens (tertiary/aromatic N) is 2. The monoisotopic (exact) mass is 244 g/mol. The van der Waals surface area contributed by atoms with E-state index in [9.17, 15) is 8.78 Å². The highest BCUT2D eigenvalue weighted by Crippen LogP contribution is 2.20. The molecule has 0 aliphatic carbocycles. The number of alkyl halides is 2. The summed E-state index contributed by atoms with van der Waals surface area (Å²) < 4.78 is 24.6. The van der Waals surface area contributed by atoms with Crippen molar-refractivity contribution in [3.05, 3.63) is 23.4 Å². The van der Waals surface area contributed by atoms with Crippen LogP contribution in [0.3, 0.4) is 0 Å². The predicted molar refractivity (Wildman–Crippen MR) is 63.5 cm³/mol. The van der Waals surface area contributed by atoms with Crippen LogP contribution < -0.4 is 4.90 Å². The lowest BCUT2D eigenvalue weighted by Crippen LogP contribution is -2.25. The first-order chi connectivity index (χ1) is 7.93. The van der Waals surface area contributed by atoms with Crippen molar-refractivity contribution < 1.29 is 13.9 Å². The maximum absolute atomic E-state index is 12.3. The molecule has 17 heavy (non-hydrogen) atoms. The first-order valence-electron chi connectivity index (χ1n) is 5.55. The number of halogens is 2. The quantitative estimate of drug-likeness (QED) is 0.864. The summed E-state index contributed by atoms with van der Waals surface area (Å²) >= 11 is 0. The molecule has 96 valence electrons. The zero-order valence-corrected chi connectivity index (χ0v) is 10.3. The first-order valence-corrected chi connectivity index (χ1v) is 5.55. The van der Waals surface area contributed by atoms with Gasteiger partial charge in [0.1, 0.15) is 5.82 Å². The minimum atomic E-state index is -2.40. The number of hydrogen-bond acceptors (Lipinski definition) is 3. The normalized spacial score (nSPS) is 11.3. The lowest BCUT2D eigenvalue weighted by Gasteiger charge is -2.20. The Bertz CT molecular complexity index is 370. The van der Waals surface area contributed by atoms with E-state index in [0.29, 0.717) is 11.4 Å². The van der Waals surface area contributed by atoms with Crippen LogP contribution >= 0.6 is 0 Å². The summed E-state index contributed by atoms with van der Waals surface area (Å²) in [5.74, 6) is 0.667. The molecule has 0 spiro atoms. The molecule has 0 atom stereocenters. The Balaban J connectivity index is 3.01. The smallest absolute Gasteiger partial charge is 0.255 e. The standard InChI is InChI=1S/C12H18F2N2O/c1-8(2)10-4-9(7-17)5-12(15-10)16(3)6-11(13)14/h4-5,8,11,17H,6-7H2,1-3H3. The van der Waals surface area contributed by atoms with Gasteiger partial charge in [-0.25, -0.2) is 13.8 Å². The van der Waals surface area contributed by atoms with Gasteiger partial charge in [0.05, 0.1) is 13.2 Å². The van der Waals surface area contributed by atoms with E-state index < -0.39 is 6.43 Å². The number of hydrogen-bond donors (Lipinski definition) is 1. The highest BCUT2D eigenvalue weighted by atomic mass is 19.3. The van der Waals surface area contributed by atoms with Crippen molar-refractivity contribution in [3.8, 4) is 0 Å². The van der Waals surface area contributed by atoms with E-state index in [1.54, 1.807) is 19.2 Å². The molecule has 0 bridgehead atoms. The molecule has 3 nitrogen and oxygen atoms in total. The molecule has 0 aliphatic rings. The molecule has 1 aromatic heterocycles. The Morgan fingerprint density at radius 3 is 2.47 bits per heavy atom. The number of aliphatic hydroxyl groups excluding tert-OH is 1. The highest BCUT2D eigenvalue weighted by molar-refractivity contribution is 5.42. The fraction of sp³-hybridized carbons (Fsp3) is 0.583. The zero-order chi connectivity index (χ0) is 13.0. The van der Waals surface area contributed by atoms with E-state index in [2.05, 4.69) is 4.98 Å². The molecule has 1 rings (SSSR count). The maximum Gasteiger partial charge on any atom is 0.255 e. The molecule has 0 aliphatic heterocycles. The number of anilines is 1. The maximum atomic E-state index is 12.3. The molecule has 0 aromatic carbocycles. The number of pyridine rings is 1. The Labute approximate surface area is 100 Å². The Morgan fingerprint density at radius 1 is 1.35 bits per heavy atom. The third kappa shape index (κ3) is 3.93. The molecule has 5 heteroatoms. The van der Waals surface area contributed by atoms with Gasteiger partial charge in [-0.1, -0.05) is 13.8 Å². The summed E-state index contributed by atoms with van der Waals surface area (Å²) in [4.78, 5) is 5.71. The van der Waals surface area contributed by atoms with Crippen molar-refractivity contribution in [2.75, 3.05) is 18.5 Å². The van der Waals surface area contributed by atoms with E-state index in [-0.39, 0.29) is 19.1 Å². The average Bonchev–Trinajstić information content (AvgIpc) is 2.27. The molecule has 0 amide bonds. The minimum Gasteiger partial charge on any atom is -0.392 e. The predicted octanol–water partition coefficient (Wildman–Crippen LogP) is 2.40. The third-order valence-corrected chi connectivity index (χ3v) is 2.47. The topological polar surface area (TPSA) is 36.4 Å². The molecule has 0 fully saturated rings. The fourth-order valence-electron chi connectivity index (χ4n) is 1.48. The van der Waals surface area contributed by atoms with E-state index in [0.717, 1.165) is 5.69 Å². The average molecular weight is 244 g/mol. The molecule has 0 saturated carbocycles. The number of aliphatic hydroxyl groups is 1. The Hall–Kier alpha value is -1.23. The van der Waals surface area contributed by atoms with Crippen LogP contribution in [-0.2, 0) is 6.61 Å². The lowest BCUT2D eigenvalue weighted by atomic mass is 10.1. The first kappa shape index (κ1) is 13.8. The van der Waals surface area contributed by atoms with Crippen LogP contribution in [0, 0.1) is 0 Å². The molecule has 1 N–H and O–H groups in total. The van der Waals surface area contributed by atoms with Gasteiger partial charge in [0.2, 0.25) is 0 Å².